The summed E-state index contributed by atoms with van der Waals surface area (Å²) in [6, 6.07) is 0. The molecule has 0 saturated heterocycles. The Kier molecular flexibility index (Phi) is 5.53. The zero-order valence-electron chi connectivity index (χ0n) is 21.3. The van der Waals surface area contributed by atoms with Crippen LogP contribution in [-0.4, -0.2) is 34.1 Å². The number of rotatable bonds is 4. The van der Waals surface area contributed by atoms with Crippen LogP contribution in [0, 0.1) is 28.6 Å². The van der Waals surface area contributed by atoms with E-state index < -0.39 is 16.6 Å². The van der Waals surface area contributed by atoms with Crippen LogP contribution in [0.5, 0.6) is 0 Å². The van der Waals surface area contributed by atoms with Gasteiger partial charge in [-0.15, -0.1) is 0 Å². The van der Waals surface area contributed by atoms with Gasteiger partial charge in [-0.2, -0.15) is 0 Å². The number of fused-ring (bicyclic) bond motifs is 5. The minimum Gasteiger partial charge on any atom is -0.412 e. The zero-order valence-corrected chi connectivity index (χ0v) is 23.3. The Balaban J connectivity index is 1.72. The van der Waals surface area contributed by atoms with Gasteiger partial charge in [0.05, 0.1) is 11.7 Å². The van der Waals surface area contributed by atoms with Crippen LogP contribution in [0.3, 0.4) is 0 Å². The van der Waals surface area contributed by atoms with E-state index in [4.69, 9.17) is 8.85 Å². The molecule has 3 fully saturated rings. The average Bonchev–Trinajstić information content (AvgIpc) is 2.84. The van der Waals surface area contributed by atoms with E-state index in [1.807, 2.05) is 12.2 Å². The lowest BCUT2D eigenvalue weighted by Gasteiger charge is -2.60. The second-order valence-corrected chi connectivity index (χ2v) is 22.3. The van der Waals surface area contributed by atoms with Gasteiger partial charge < -0.3 is 8.85 Å². The van der Waals surface area contributed by atoms with Crippen molar-refractivity contribution in [3.8, 4) is 0 Å². The molecule has 0 aromatic heterocycles. The molecule has 0 heterocycles. The normalized spacial score (nSPS) is 45.1. The molecule has 174 valence electrons. The van der Waals surface area contributed by atoms with Gasteiger partial charge in [-0.05, 0) is 119 Å². The van der Waals surface area contributed by atoms with Gasteiger partial charge in [0.15, 0.2) is 22.4 Å². The van der Waals surface area contributed by atoms with Crippen LogP contribution in [0.1, 0.15) is 52.9 Å². The number of carbonyl (C=O) groups excluding carboxylic acids is 1. The number of ketones is 1. The molecule has 31 heavy (non-hydrogen) atoms. The Labute approximate surface area is 192 Å². The highest BCUT2D eigenvalue weighted by atomic mass is 28.4. The molecule has 2 unspecified atom stereocenters. The smallest absolute Gasteiger partial charge is 0.184 e. The summed E-state index contributed by atoms with van der Waals surface area (Å²) in [7, 11) is -3.37. The fraction of sp³-hybridized carbons (Fsp3) is 0.808. The van der Waals surface area contributed by atoms with Crippen molar-refractivity contribution < 1.29 is 13.6 Å². The average molecular weight is 461 g/mol. The van der Waals surface area contributed by atoms with Crippen LogP contribution in [0.15, 0.2) is 23.8 Å². The molecule has 0 radical (unpaired) electrons. The summed E-state index contributed by atoms with van der Waals surface area (Å²) in [6.45, 7) is 21.2. The highest BCUT2D eigenvalue weighted by molar-refractivity contribution is 6.70. The molecule has 4 aliphatic carbocycles. The quantitative estimate of drug-likeness (QED) is 0.436. The number of hydrogen-bond donors (Lipinski definition) is 0. The van der Waals surface area contributed by atoms with E-state index in [2.05, 4.69) is 66.1 Å². The Bertz CT molecular complexity index is 819. The second-order valence-electron chi connectivity index (χ2n) is 13.4. The maximum absolute atomic E-state index is 12.4. The molecule has 0 aliphatic heterocycles. The summed E-state index contributed by atoms with van der Waals surface area (Å²) in [5.74, 6) is 2.03. The molecule has 3 nitrogen and oxygen atoms in total. The van der Waals surface area contributed by atoms with Gasteiger partial charge in [-0.1, -0.05) is 19.9 Å². The summed E-state index contributed by atoms with van der Waals surface area (Å²) < 4.78 is 13.7. The molecule has 3 saturated carbocycles. The van der Waals surface area contributed by atoms with E-state index in [-0.39, 0.29) is 28.3 Å². The van der Waals surface area contributed by atoms with Crippen LogP contribution >= 0.6 is 0 Å². The van der Waals surface area contributed by atoms with Crippen molar-refractivity contribution in [2.24, 2.45) is 28.6 Å². The third-order valence-corrected chi connectivity index (χ3v) is 11.2. The van der Waals surface area contributed by atoms with Gasteiger partial charge in [-0.25, -0.2) is 0 Å². The minimum absolute atomic E-state index is 0.0162. The van der Waals surface area contributed by atoms with Gasteiger partial charge in [0.25, 0.3) is 0 Å². The summed E-state index contributed by atoms with van der Waals surface area (Å²) >= 11 is 0. The Morgan fingerprint density at radius 2 is 1.58 bits per heavy atom. The molecule has 4 aliphatic rings. The zero-order chi connectivity index (χ0) is 23.0. The molecule has 4 rings (SSSR count). The van der Waals surface area contributed by atoms with Crippen LogP contribution < -0.4 is 0 Å². The molecule has 0 amide bonds. The van der Waals surface area contributed by atoms with Crippen LogP contribution in [-0.2, 0) is 13.6 Å². The van der Waals surface area contributed by atoms with Gasteiger partial charge in [0.2, 0.25) is 0 Å². The highest BCUT2D eigenvalue weighted by Crippen LogP contribution is 2.68. The maximum Gasteiger partial charge on any atom is 0.184 e. The molecular formula is C26H44O3Si2. The summed E-state index contributed by atoms with van der Waals surface area (Å²) in [4.78, 5) is 12.4. The van der Waals surface area contributed by atoms with Crippen molar-refractivity contribution in [1.29, 1.82) is 0 Å². The highest BCUT2D eigenvalue weighted by Gasteiger charge is 2.64. The van der Waals surface area contributed by atoms with Crippen LogP contribution in [0.2, 0.25) is 39.3 Å². The van der Waals surface area contributed by atoms with Gasteiger partial charge in [0.1, 0.15) is 0 Å². The Morgan fingerprint density at radius 3 is 2.19 bits per heavy atom. The van der Waals surface area contributed by atoms with Gasteiger partial charge >= 0.3 is 0 Å². The summed E-state index contributed by atoms with van der Waals surface area (Å²) in [6.07, 6.45) is 12.0. The largest absolute Gasteiger partial charge is 0.412 e. The maximum atomic E-state index is 12.4. The molecule has 0 bridgehead atoms. The van der Waals surface area contributed by atoms with Gasteiger partial charge in [-0.3, -0.25) is 4.79 Å². The first-order chi connectivity index (χ1) is 14.1. The van der Waals surface area contributed by atoms with Crippen molar-refractivity contribution in [1.82, 2.24) is 0 Å². The monoisotopic (exact) mass is 460 g/mol. The Hall–Kier alpha value is -0.496. The Morgan fingerprint density at radius 1 is 0.935 bits per heavy atom. The van der Waals surface area contributed by atoms with Crippen molar-refractivity contribution >= 4 is 22.4 Å². The number of carbonyl (C=O) groups is 1. The SMILES string of the molecule is CC1(O[Si](C)(C)C)CC[C@H]2[C@@H]3CC(O[Si](C)(C)C)C4=CC(=O)C=C[C@]4(C)[C@H]3CC[C@@]21C. The first kappa shape index (κ1) is 23.7. The van der Waals surface area contributed by atoms with E-state index in [0.29, 0.717) is 17.8 Å². The lowest BCUT2D eigenvalue weighted by atomic mass is 9.47. The first-order valence-corrected chi connectivity index (χ1v) is 19.2. The lowest BCUT2D eigenvalue weighted by Crippen LogP contribution is -2.58. The minimum atomic E-state index is -1.74. The molecular weight excluding hydrogens is 416 g/mol. The second kappa shape index (κ2) is 7.25. The third-order valence-electron chi connectivity index (χ3n) is 9.11. The van der Waals surface area contributed by atoms with Crippen molar-refractivity contribution in [3.05, 3.63) is 23.8 Å². The lowest BCUT2D eigenvalue weighted by molar-refractivity contribution is -0.115. The molecule has 5 heteroatoms. The van der Waals surface area contributed by atoms with E-state index in [1.54, 1.807) is 0 Å². The molecule has 0 spiro atoms. The molecule has 7 atom stereocenters. The standard InChI is InChI=1S/C26H44O3Si2/c1-24-13-10-18(27)16-22(24)23(28-30(4,5)6)17-19-20(24)11-14-25(2)21(19)12-15-26(25,3)29-31(7,8)9/h10,13,16,19-21,23H,11-12,14-15,17H2,1-9H3/t19-,20+,21+,23?,24-,25+,26?/m1/s1. The van der Waals surface area contributed by atoms with Gasteiger partial charge in [0, 0.05) is 5.41 Å². The molecule has 0 aromatic carbocycles. The number of hydrogen-bond acceptors (Lipinski definition) is 3. The predicted molar refractivity (Wildman–Crippen MR) is 133 cm³/mol. The number of allylic oxidation sites excluding steroid dienone is 3. The topological polar surface area (TPSA) is 35.5 Å². The van der Waals surface area contributed by atoms with E-state index in [0.717, 1.165) is 6.42 Å². The fourth-order valence-corrected chi connectivity index (χ4v) is 10.6. The van der Waals surface area contributed by atoms with E-state index in [9.17, 15) is 4.79 Å². The van der Waals surface area contributed by atoms with Crippen molar-refractivity contribution in [2.45, 2.75) is 104 Å². The van der Waals surface area contributed by atoms with Crippen LogP contribution in [0.25, 0.3) is 0 Å². The third kappa shape index (κ3) is 3.91. The van der Waals surface area contributed by atoms with Crippen molar-refractivity contribution in [2.75, 3.05) is 0 Å². The van der Waals surface area contributed by atoms with Crippen molar-refractivity contribution in [3.63, 3.8) is 0 Å². The summed E-state index contributed by atoms with van der Waals surface area (Å²) in [5.41, 5.74) is 1.41. The predicted octanol–water partition coefficient (Wildman–Crippen LogP) is 6.73. The van der Waals surface area contributed by atoms with Crippen LogP contribution in [0.4, 0.5) is 0 Å². The first-order valence-electron chi connectivity index (χ1n) is 12.4. The molecule has 0 N–H and O–H groups in total. The molecule has 0 aromatic rings. The fourth-order valence-electron chi connectivity index (χ4n) is 7.83. The van der Waals surface area contributed by atoms with E-state index >= 15 is 0 Å². The van der Waals surface area contributed by atoms with E-state index in [1.165, 1.54) is 31.3 Å². The summed E-state index contributed by atoms with van der Waals surface area (Å²) in [5, 5.41) is 0.